The molecule has 3 atom stereocenters. The zero-order valence-electron chi connectivity index (χ0n) is 9.52. The van der Waals surface area contributed by atoms with Crippen molar-refractivity contribution < 1.29 is 14.6 Å². The van der Waals surface area contributed by atoms with Crippen LogP contribution >= 0.6 is 0 Å². The Labute approximate surface area is 103 Å². The number of nitrogens with zero attached hydrogens (tertiary/aromatic N) is 2. The Morgan fingerprint density at radius 3 is 3.22 bits per heavy atom. The summed E-state index contributed by atoms with van der Waals surface area (Å²) in [4.78, 5) is 15.2. The van der Waals surface area contributed by atoms with E-state index in [2.05, 4.69) is 4.98 Å². The van der Waals surface area contributed by atoms with Crippen molar-refractivity contribution in [3.05, 3.63) is 22.7 Å². The molecule has 0 amide bonds. The van der Waals surface area contributed by atoms with Crippen LogP contribution in [-0.2, 0) is 9.47 Å². The van der Waals surface area contributed by atoms with E-state index in [0.717, 1.165) is 0 Å². The highest BCUT2D eigenvalue weighted by Gasteiger charge is 2.35. The van der Waals surface area contributed by atoms with Gasteiger partial charge in [0.1, 0.15) is 30.9 Å². The maximum atomic E-state index is 11.6. The minimum Gasteiger partial charge on any atom is -0.444 e. The predicted octanol–water partition coefficient (Wildman–Crippen LogP) is -0.919. The molecule has 1 aromatic heterocycles. The fourth-order valence-corrected chi connectivity index (χ4v) is 1.81. The van der Waals surface area contributed by atoms with E-state index in [1.54, 1.807) is 0 Å². The summed E-state index contributed by atoms with van der Waals surface area (Å²) >= 11 is 0. The third-order valence-corrected chi connectivity index (χ3v) is 2.70. The molecule has 1 aromatic rings. The quantitative estimate of drug-likeness (QED) is 0.674. The topological polar surface area (TPSA) is 99.6 Å². The highest BCUT2D eigenvalue weighted by Crippen LogP contribution is 2.27. The third-order valence-electron chi connectivity index (χ3n) is 2.70. The van der Waals surface area contributed by atoms with Crippen LogP contribution in [-0.4, -0.2) is 33.5 Å². The third kappa shape index (κ3) is 2.45. The first-order valence-corrected chi connectivity index (χ1v) is 5.37. The van der Waals surface area contributed by atoms with Crippen LogP contribution in [0.2, 0.25) is 0 Å². The molecule has 2 rings (SSSR count). The second-order valence-corrected chi connectivity index (χ2v) is 3.90. The van der Waals surface area contributed by atoms with Crippen LogP contribution in [0.5, 0.6) is 0 Å². The molecule has 0 bridgehead atoms. The van der Waals surface area contributed by atoms with Gasteiger partial charge in [0.15, 0.2) is 0 Å². The minimum absolute atomic E-state index is 0.0747. The van der Waals surface area contributed by atoms with Crippen molar-refractivity contribution in [2.75, 3.05) is 12.3 Å². The molecular formula is C11H13N3O4. The fourth-order valence-electron chi connectivity index (χ4n) is 1.81. The molecule has 3 N–H and O–H groups in total. The number of ether oxygens (including phenoxy) is 2. The van der Waals surface area contributed by atoms with E-state index in [4.69, 9.17) is 21.6 Å². The van der Waals surface area contributed by atoms with Crippen LogP contribution in [0.25, 0.3) is 0 Å². The van der Waals surface area contributed by atoms with Gasteiger partial charge < -0.3 is 20.3 Å². The highest BCUT2D eigenvalue weighted by molar-refractivity contribution is 5.23. The predicted molar refractivity (Wildman–Crippen MR) is 62.2 cm³/mol. The van der Waals surface area contributed by atoms with Gasteiger partial charge in [-0.15, -0.1) is 0 Å². The van der Waals surface area contributed by atoms with Crippen LogP contribution < -0.4 is 11.4 Å². The molecule has 1 aliphatic heterocycles. The highest BCUT2D eigenvalue weighted by atomic mass is 16.6. The van der Waals surface area contributed by atoms with Gasteiger partial charge >= 0.3 is 5.69 Å². The summed E-state index contributed by atoms with van der Waals surface area (Å²) in [5, 5.41) is 9.76. The Morgan fingerprint density at radius 2 is 2.56 bits per heavy atom. The number of anilines is 1. The van der Waals surface area contributed by atoms with Crippen molar-refractivity contribution in [1.29, 1.82) is 0 Å². The van der Waals surface area contributed by atoms with Crippen LogP contribution in [0.4, 0.5) is 5.82 Å². The lowest BCUT2D eigenvalue weighted by Gasteiger charge is -2.14. The first-order valence-electron chi connectivity index (χ1n) is 5.37. The number of nitrogen functional groups attached to an aromatic ring is 1. The van der Waals surface area contributed by atoms with Gasteiger partial charge in [0.05, 0.1) is 6.10 Å². The lowest BCUT2D eigenvalue weighted by Crippen LogP contribution is -2.28. The van der Waals surface area contributed by atoms with Crippen molar-refractivity contribution >= 4 is 5.82 Å². The molecule has 7 heteroatoms. The molecule has 0 aromatic carbocycles. The number of nitrogens with two attached hydrogens (primary N) is 1. The average Bonchev–Trinajstić information content (AvgIpc) is 2.68. The molecule has 1 fully saturated rings. The zero-order valence-corrected chi connectivity index (χ0v) is 9.52. The first kappa shape index (κ1) is 12.4. The number of aromatic nitrogens is 2. The molecule has 1 aliphatic rings. The van der Waals surface area contributed by atoms with E-state index in [1.165, 1.54) is 16.8 Å². The summed E-state index contributed by atoms with van der Waals surface area (Å²) in [6, 6.07) is 1.49. The van der Waals surface area contributed by atoms with E-state index in [1.807, 2.05) is 6.11 Å². The van der Waals surface area contributed by atoms with Crippen LogP contribution in [0.3, 0.4) is 0 Å². The maximum absolute atomic E-state index is 11.6. The van der Waals surface area contributed by atoms with E-state index >= 15 is 0 Å². The number of aliphatic hydroxyl groups is 1. The van der Waals surface area contributed by atoms with E-state index < -0.39 is 24.1 Å². The summed E-state index contributed by atoms with van der Waals surface area (Å²) in [7, 11) is 0. The summed E-state index contributed by atoms with van der Waals surface area (Å²) in [5.74, 6) is 0.141. The Hall–Kier alpha value is -2.04. The molecule has 0 saturated carbocycles. The van der Waals surface area contributed by atoms with Gasteiger partial charge in [-0.3, -0.25) is 4.57 Å². The van der Waals surface area contributed by atoms with Gasteiger partial charge in [-0.2, -0.15) is 4.98 Å². The van der Waals surface area contributed by atoms with E-state index in [-0.39, 0.29) is 18.8 Å². The van der Waals surface area contributed by atoms with Gasteiger partial charge in [-0.05, 0) is 6.07 Å². The second kappa shape index (κ2) is 5.08. The molecule has 1 saturated heterocycles. The van der Waals surface area contributed by atoms with Gasteiger partial charge in [-0.25, -0.2) is 4.79 Å². The molecule has 96 valence electrons. The van der Waals surface area contributed by atoms with Crippen molar-refractivity contribution in [3.8, 4) is 12.5 Å². The molecule has 0 aliphatic carbocycles. The summed E-state index contributed by atoms with van der Waals surface area (Å²) in [6.45, 7) is 0.0747. The Kier molecular flexibility index (Phi) is 3.50. The van der Waals surface area contributed by atoms with Crippen molar-refractivity contribution in [1.82, 2.24) is 9.55 Å². The monoisotopic (exact) mass is 251 g/mol. The normalized spacial score (nSPS) is 26.8. The Morgan fingerprint density at radius 1 is 1.78 bits per heavy atom. The second-order valence-electron chi connectivity index (χ2n) is 3.90. The van der Waals surface area contributed by atoms with Gasteiger partial charge in [-0.1, -0.05) is 6.42 Å². The Bertz CT molecular complexity index is 522. The molecule has 18 heavy (non-hydrogen) atoms. The molecule has 7 nitrogen and oxygen atoms in total. The van der Waals surface area contributed by atoms with Gasteiger partial charge in [0.2, 0.25) is 0 Å². The first-order chi connectivity index (χ1) is 8.61. The molecule has 0 radical (unpaired) electrons. The van der Waals surface area contributed by atoms with Crippen LogP contribution in [0.15, 0.2) is 17.1 Å². The van der Waals surface area contributed by atoms with Crippen LogP contribution in [0, 0.1) is 12.5 Å². The molecule has 0 spiro atoms. The lowest BCUT2D eigenvalue weighted by atomic mass is 10.2. The molecule has 2 heterocycles. The average molecular weight is 251 g/mol. The number of aliphatic hydroxyl groups excluding tert-OH is 1. The van der Waals surface area contributed by atoms with Crippen LogP contribution in [0.1, 0.15) is 12.6 Å². The zero-order chi connectivity index (χ0) is 13.1. The van der Waals surface area contributed by atoms with Gasteiger partial charge in [0.25, 0.3) is 0 Å². The smallest absolute Gasteiger partial charge is 0.351 e. The summed E-state index contributed by atoms with van der Waals surface area (Å²) < 4.78 is 11.5. The Balaban J connectivity index is 2.12. The summed E-state index contributed by atoms with van der Waals surface area (Å²) in [5.41, 5.74) is 4.87. The largest absolute Gasteiger partial charge is 0.444 e. The van der Waals surface area contributed by atoms with Crippen molar-refractivity contribution in [3.63, 3.8) is 0 Å². The van der Waals surface area contributed by atoms with E-state index in [9.17, 15) is 9.90 Å². The van der Waals surface area contributed by atoms with E-state index in [0.29, 0.717) is 0 Å². The van der Waals surface area contributed by atoms with Gasteiger partial charge in [0, 0.05) is 12.6 Å². The SMILES string of the molecule is C#COC[C@H]1O[C@@H](n2ccc(N)nc2=O)C[C@@H]1O. The number of rotatable bonds is 3. The van der Waals surface area contributed by atoms with Crippen molar-refractivity contribution in [2.45, 2.75) is 24.9 Å². The van der Waals surface area contributed by atoms with Crippen molar-refractivity contribution in [2.24, 2.45) is 0 Å². The lowest BCUT2D eigenvalue weighted by molar-refractivity contribution is -0.0457. The maximum Gasteiger partial charge on any atom is 0.351 e. The minimum atomic E-state index is -0.743. The fraction of sp³-hybridized carbons (Fsp3) is 0.455. The molecular weight excluding hydrogens is 238 g/mol. The summed E-state index contributed by atoms with van der Waals surface area (Å²) in [6.07, 6.45) is 6.80. The molecule has 0 unspecified atom stereocenters. The number of terminal acetylenes is 1. The number of hydrogen-bond acceptors (Lipinski definition) is 6. The number of hydrogen-bond donors (Lipinski definition) is 2. The standard InChI is InChI=1S/C11H13N3O4/c1-2-17-6-8-7(15)5-10(18-8)14-4-3-9(12)13-11(14)16/h1,3-4,7-8,10,15H,5-6H2,(H2,12,13,16)/t7-,8+,10+/m0/s1.